The summed E-state index contributed by atoms with van der Waals surface area (Å²) in [4.78, 5) is 0. The lowest BCUT2D eigenvalue weighted by Crippen LogP contribution is -2.41. The molecular weight excluding hydrogens is 286 g/mol. The fourth-order valence-corrected chi connectivity index (χ4v) is 2.52. The Balaban J connectivity index is 1.78. The molecule has 114 valence electrons. The van der Waals surface area contributed by atoms with Gasteiger partial charge >= 0.3 is 7.12 Å². The van der Waals surface area contributed by atoms with Crippen molar-refractivity contribution >= 4 is 24.2 Å². The molecule has 1 heterocycles. The zero-order valence-electron chi connectivity index (χ0n) is 13.1. The van der Waals surface area contributed by atoms with E-state index in [9.17, 15) is 0 Å². The maximum atomic E-state index is 6.21. The van der Waals surface area contributed by atoms with Gasteiger partial charge in [-0.2, -0.15) is 0 Å². The molecule has 0 unspecified atom stereocenters. The normalized spacial score (nSPS) is 23.4. The van der Waals surface area contributed by atoms with Crippen LogP contribution in [0.3, 0.4) is 0 Å². The number of benzene rings is 1. The minimum Gasteiger partial charge on any atom is -0.493 e. The zero-order chi connectivity index (χ0) is 15.3. The molecule has 2 fully saturated rings. The molecule has 0 radical (unpaired) electrons. The van der Waals surface area contributed by atoms with Gasteiger partial charge in [-0.05, 0) is 70.1 Å². The summed E-state index contributed by atoms with van der Waals surface area (Å²) in [7, 11) is -0.406. The SMILES string of the molecule is CC1(C)OB(c2cc(Cl)cc(OCC3CC3)c2)OC1(C)C. The van der Waals surface area contributed by atoms with Gasteiger partial charge in [0.05, 0.1) is 17.8 Å². The third kappa shape index (κ3) is 3.23. The Labute approximate surface area is 132 Å². The summed E-state index contributed by atoms with van der Waals surface area (Å²) < 4.78 is 17.9. The first-order valence-electron chi connectivity index (χ1n) is 7.56. The highest BCUT2D eigenvalue weighted by molar-refractivity contribution is 6.62. The maximum absolute atomic E-state index is 6.21. The van der Waals surface area contributed by atoms with Gasteiger partial charge in [0.25, 0.3) is 0 Å². The Hall–Kier alpha value is -0.705. The summed E-state index contributed by atoms with van der Waals surface area (Å²) >= 11 is 6.21. The van der Waals surface area contributed by atoms with E-state index in [-0.39, 0.29) is 11.2 Å². The monoisotopic (exact) mass is 308 g/mol. The minimum absolute atomic E-state index is 0.352. The first-order chi connectivity index (χ1) is 9.77. The maximum Gasteiger partial charge on any atom is 0.495 e. The predicted molar refractivity (Wildman–Crippen MR) is 85.4 cm³/mol. The van der Waals surface area contributed by atoms with E-state index < -0.39 is 7.12 Å². The highest BCUT2D eigenvalue weighted by Gasteiger charge is 2.51. The lowest BCUT2D eigenvalue weighted by molar-refractivity contribution is 0.00578. The van der Waals surface area contributed by atoms with Crippen molar-refractivity contribution in [1.82, 2.24) is 0 Å². The van der Waals surface area contributed by atoms with Crippen molar-refractivity contribution in [2.75, 3.05) is 6.61 Å². The van der Waals surface area contributed by atoms with Crippen LogP contribution < -0.4 is 10.2 Å². The van der Waals surface area contributed by atoms with Gasteiger partial charge in [-0.15, -0.1) is 0 Å². The molecule has 1 aliphatic carbocycles. The summed E-state index contributed by atoms with van der Waals surface area (Å²) in [6.45, 7) is 8.94. The van der Waals surface area contributed by atoms with E-state index >= 15 is 0 Å². The lowest BCUT2D eigenvalue weighted by Gasteiger charge is -2.32. The van der Waals surface area contributed by atoms with Crippen LogP contribution in [0.5, 0.6) is 5.75 Å². The molecule has 3 nitrogen and oxygen atoms in total. The second kappa shape index (κ2) is 5.18. The largest absolute Gasteiger partial charge is 0.495 e. The molecule has 0 amide bonds. The highest BCUT2D eigenvalue weighted by atomic mass is 35.5. The van der Waals surface area contributed by atoms with E-state index in [2.05, 4.69) is 0 Å². The van der Waals surface area contributed by atoms with Crippen molar-refractivity contribution in [2.45, 2.75) is 51.7 Å². The first-order valence-corrected chi connectivity index (χ1v) is 7.93. The molecule has 0 bridgehead atoms. The number of ether oxygens (including phenoxy) is 1. The van der Waals surface area contributed by atoms with Crippen LogP contribution >= 0.6 is 11.6 Å². The number of hydrogen-bond acceptors (Lipinski definition) is 3. The van der Waals surface area contributed by atoms with Crippen molar-refractivity contribution in [3.8, 4) is 5.75 Å². The van der Waals surface area contributed by atoms with Crippen LogP contribution in [0, 0.1) is 5.92 Å². The summed E-state index contributed by atoms with van der Waals surface area (Å²) in [5, 5.41) is 0.646. The third-order valence-electron chi connectivity index (χ3n) is 4.60. The Morgan fingerprint density at radius 3 is 2.33 bits per heavy atom. The van der Waals surface area contributed by atoms with Gasteiger partial charge in [0.1, 0.15) is 5.75 Å². The Kier molecular flexibility index (Phi) is 3.75. The van der Waals surface area contributed by atoms with Gasteiger partial charge in [0, 0.05) is 5.02 Å². The summed E-state index contributed by atoms with van der Waals surface area (Å²) in [5.41, 5.74) is 0.205. The van der Waals surface area contributed by atoms with Crippen LogP contribution in [0.1, 0.15) is 40.5 Å². The summed E-state index contributed by atoms with van der Waals surface area (Å²) in [6, 6.07) is 5.70. The molecule has 1 aromatic rings. The van der Waals surface area contributed by atoms with Crippen LogP contribution in [0.25, 0.3) is 0 Å². The van der Waals surface area contributed by atoms with Gasteiger partial charge in [-0.25, -0.2) is 0 Å². The molecule has 1 saturated carbocycles. The second-order valence-electron chi connectivity index (χ2n) is 7.06. The number of rotatable bonds is 4. The molecule has 0 spiro atoms. The molecule has 1 aliphatic heterocycles. The average Bonchev–Trinajstić information content (AvgIpc) is 3.14. The highest BCUT2D eigenvalue weighted by Crippen LogP contribution is 2.37. The quantitative estimate of drug-likeness (QED) is 0.798. The first kappa shape index (κ1) is 15.2. The van der Waals surface area contributed by atoms with Gasteiger partial charge < -0.3 is 14.0 Å². The molecule has 21 heavy (non-hydrogen) atoms. The zero-order valence-corrected chi connectivity index (χ0v) is 13.9. The standard InChI is InChI=1S/C16H22BClO3/c1-15(2)16(3,4)21-17(20-15)12-7-13(18)9-14(8-12)19-10-11-5-6-11/h7-9,11H,5-6,10H2,1-4H3. The molecule has 1 aromatic carbocycles. The van der Waals surface area contributed by atoms with Gasteiger partial charge in [0.15, 0.2) is 0 Å². The molecule has 2 aliphatic rings. The molecule has 0 N–H and O–H groups in total. The van der Waals surface area contributed by atoms with Crippen molar-refractivity contribution in [1.29, 1.82) is 0 Å². The van der Waals surface area contributed by atoms with Crippen LogP contribution in [0.15, 0.2) is 18.2 Å². The fourth-order valence-electron chi connectivity index (χ4n) is 2.28. The van der Waals surface area contributed by atoms with Crippen molar-refractivity contribution < 1.29 is 14.0 Å². The molecule has 0 aromatic heterocycles. The van der Waals surface area contributed by atoms with E-state index in [1.807, 2.05) is 45.9 Å². The third-order valence-corrected chi connectivity index (χ3v) is 4.82. The summed E-state index contributed by atoms with van der Waals surface area (Å²) in [5.74, 6) is 1.50. The molecule has 1 saturated heterocycles. The fraction of sp³-hybridized carbons (Fsp3) is 0.625. The van der Waals surface area contributed by atoms with Gasteiger partial charge in [-0.1, -0.05) is 11.6 Å². The average molecular weight is 309 g/mol. The van der Waals surface area contributed by atoms with Crippen molar-refractivity contribution in [3.05, 3.63) is 23.2 Å². The Morgan fingerprint density at radius 1 is 1.14 bits per heavy atom. The smallest absolute Gasteiger partial charge is 0.493 e. The van der Waals surface area contributed by atoms with Crippen LogP contribution in [0.2, 0.25) is 5.02 Å². The van der Waals surface area contributed by atoms with E-state index in [4.69, 9.17) is 25.6 Å². The minimum atomic E-state index is -0.406. The number of halogens is 1. The molecule has 0 atom stereocenters. The molecule has 5 heteroatoms. The topological polar surface area (TPSA) is 27.7 Å². The van der Waals surface area contributed by atoms with Crippen LogP contribution in [-0.2, 0) is 9.31 Å². The lowest BCUT2D eigenvalue weighted by atomic mass is 9.79. The molecular formula is C16H22BClO3. The van der Waals surface area contributed by atoms with Gasteiger partial charge in [0.2, 0.25) is 0 Å². The van der Waals surface area contributed by atoms with Crippen molar-refractivity contribution in [2.24, 2.45) is 5.92 Å². The second-order valence-corrected chi connectivity index (χ2v) is 7.50. The van der Waals surface area contributed by atoms with Crippen molar-refractivity contribution in [3.63, 3.8) is 0 Å². The van der Waals surface area contributed by atoms with Crippen LogP contribution in [-0.4, -0.2) is 24.9 Å². The summed E-state index contributed by atoms with van der Waals surface area (Å²) in [6.07, 6.45) is 2.54. The van der Waals surface area contributed by atoms with E-state index in [1.54, 1.807) is 0 Å². The molecule has 3 rings (SSSR count). The van der Waals surface area contributed by atoms with E-state index in [0.717, 1.165) is 17.8 Å². The Bertz CT molecular complexity index is 524. The van der Waals surface area contributed by atoms with Gasteiger partial charge in [-0.3, -0.25) is 0 Å². The van der Waals surface area contributed by atoms with E-state index in [0.29, 0.717) is 10.9 Å². The predicted octanol–water partition coefficient (Wildman–Crippen LogP) is 3.43. The van der Waals surface area contributed by atoms with E-state index in [1.165, 1.54) is 12.8 Å². The number of hydrogen-bond donors (Lipinski definition) is 0. The van der Waals surface area contributed by atoms with Crippen LogP contribution in [0.4, 0.5) is 0 Å². The Morgan fingerprint density at radius 2 is 1.76 bits per heavy atom.